The normalized spacial score (nSPS) is 14.3. The Bertz CT molecular complexity index is 801. The van der Waals surface area contributed by atoms with E-state index in [9.17, 15) is 4.79 Å². The maximum Gasteiger partial charge on any atom is 0.280 e. The smallest absolute Gasteiger partial charge is 0.280 e. The van der Waals surface area contributed by atoms with Gasteiger partial charge in [0.1, 0.15) is 17.5 Å². The highest BCUT2D eigenvalue weighted by atomic mass is 16.5. The molecule has 0 saturated heterocycles. The number of anilines is 1. The van der Waals surface area contributed by atoms with E-state index in [0.717, 1.165) is 17.5 Å². The van der Waals surface area contributed by atoms with Crippen LogP contribution in [0.3, 0.4) is 0 Å². The Kier molecular flexibility index (Phi) is 4.38. The van der Waals surface area contributed by atoms with Crippen molar-refractivity contribution >= 4 is 11.7 Å². The lowest BCUT2D eigenvalue weighted by atomic mass is 10.2. The van der Waals surface area contributed by atoms with Crippen LogP contribution >= 0.6 is 0 Å². The van der Waals surface area contributed by atoms with Gasteiger partial charge in [0, 0.05) is 5.56 Å². The summed E-state index contributed by atoms with van der Waals surface area (Å²) in [6, 6.07) is 6.84. The molecule has 7 nitrogen and oxygen atoms in total. The van der Waals surface area contributed by atoms with Crippen molar-refractivity contribution in [3.05, 3.63) is 35.5 Å². The minimum absolute atomic E-state index is 0.0211. The topological polar surface area (TPSA) is 103 Å². The number of nitriles is 1. The van der Waals surface area contributed by atoms with Crippen LogP contribution in [0.15, 0.2) is 24.4 Å². The fraction of sp³-hybridized carbons (Fsp3) is 0.353. The zero-order valence-corrected chi connectivity index (χ0v) is 13.4. The average Bonchev–Trinajstić information content (AvgIpc) is 3.24. The molecule has 1 heterocycles. The van der Waals surface area contributed by atoms with Crippen molar-refractivity contribution in [3.63, 3.8) is 0 Å². The first-order valence-electron chi connectivity index (χ1n) is 7.77. The number of nitrogens with two attached hydrogens (primary N) is 1. The number of hydrogen-bond acceptors (Lipinski definition) is 6. The number of hydrogen-bond donors (Lipinski definition) is 1. The fourth-order valence-corrected chi connectivity index (χ4v) is 2.81. The standard InChI is InChI=1S/C17H18N4O3/c1-23-15-8-11(6-7-14(15)24-13-4-2-3-5-13)17(22)21-16(19)12(9-18)10-20-21/h6-8,10,13H,2-5,19H2,1H3. The number of benzene rings is 1. The number of carbonyl (C=O) groups is 1. The highest BCUT2D eigenvalue weighted by molar-refractivity contribution is 5.98. The van der Waals surface area contributed by atoms with Crippen molar-refractivity contribution in [3.8, 4) is 17.6 Å². The van der Waals surface area contributed by atoms with E-state index in [-0.39, 0.29) is 17.5 Å². The third kappa shape index (κ3) is 2.91. The second-order valence-electron chi connectivity index (χ2n) is 5.66. The average molecular weight is 326 g/mol. The maximum atomic E-state index is 12.5. The van der Waals surface area contributed by atoms with Crippen LogP contribution in [0.2, 0.25) is 0 Å². The molecule has 1 saturated carbocycles. The molecule has 1 aliphatic rings. The van der Waals surface area contributed by atoms with Gasteiger partial charge in [-0.3, -0.25) is 4.79 Å². The van der Waals surface area contributed by atoms with E-state index in [1.54, 1.807) is 18.2 Å². The molecular formula is C17H18N4O3. The van der Waals surface area contributed by atoms with Crippen molar-refractivity contribution in [2.45, 2.75) is 31.8 Å². The van der Waals surface area contributed by atoms with E-state index in [2.05, 4.69) is 5.10 Å². The quantitative estimate of drug-likeness (QED) is 0.925. The first-order valence-corrected chi connectivity index (χ1v) is 7.77. The molecule has 124 valence electrons. The molecule has 2 N–H and O–H groups in total. The number of nitrogen functional groups attached to an aromatic ring is 1. The molecule has 0 atom stereocenters. The molecule has 1 aromatic carbocycles. The zero-order valence-electron chi connectivity index (χ0n) is 13.4. The summed E-state index contributed by atoms with van der Waals surface area (Å²) < 4.78 is 12.3. The first kappa shape index (κ1) is 15.9. The molecule has 3 rings (SSSR count). The molecule has 0 unspecified atom stereocenters. The molecule has 7 heteroatoms. The Hall–Kier alpha value is -3.01. The Balaban J connectivity index is 1.87. The van der Waals surface area contributed by atoms with Gasteiger partial charge in [0.25, 0.3) is 5.91 Å². The van der Waals surface area contributed by atoms with E-state index in [0.29, 0.717) is 17.1 Å². The lowest BCUT2D eigenvalue weighted by Gasteiger charge is -2.16. The number of rotatable bonds is 4. The predicted octanol–water partition coefficient (Wildman–Crippen LogP) is 2.36. The predicted molar refractivity (Wildman–Crippen MR) is 87.0 cm³/mol. The van der Waals surface area contributed by atoms with Gasteiger partial charge in [0.05, 0.1) is 19.4 Å². The van der Waals surface area contributed by atoms with Crippen LogP contribution in [-0.4, -0.2) is 28.9 Å². The number of aromatic nitrogens is 2. The van der Waals surface area contributed by atoms with E-state index in [1.807, 2.05) is 6.07 Å². The lowest BCUT2D eigenvalue weighted by Crippen LogP contribution is -2.17. The summed E-state index contributed by atoms with van der Waals surface area (Å²) in [5, 5.41) is 12.8. The van der Waals surface area contributed by atoms with Crippen molar-refractivity contribution < 1.29 is 14.3 Å². The second-order valence-corrected chi connectivity index (χ2v) is 5.66. The Morgan fingerprint density at radius 1 is 1.38 bits per heavy atom. The van der Waals surface area contributed by atoms with Gasteiger partial charge in [-0.1, -0.05) is 0 Å². The van der Waals surface area contributed by atoms with Gasteiger partial charge >= 0.3 is 0 Å². The van der Waals surface area contributed by atoms with Crippen LogP contribution in [-0.2, 0) is 0 Å². The molecule has 0 amide bonds. The van der Waals surface area contributed by atoms with E-state index in [1.165, 1.54) is 26.1 Å². The highest BCUT2D eigenvalue weighted by Gasteiger charge is 2.21. The second kappa shape index (κ2) is 6.62. The van der Waals surface area contributed by atoms with Crippen LogP contribution in [0, 0.1) is 11.3 Å². The summed E-state index contributed by atoms with van der Waals surface area (Å²) in [4.78, 5) is 12.5. The molecular weight excluding hydrogens is 308 g/mol. The summed E-state index contributed by atoms with van der Waals surface area (Å²) in [6.07, 6.45) is 5.87. The minimum Gasteiger partial charge on any atom is -0.493 e. The number of methoxy groups -OCH3 is 1. The van der Waals surface area contributed by atoms with E-state index >= 15 is 0 Å². The van der Waals surface area contributed by atoms with E-state index in [4.69, 9.17) is 20.5 Å². The summed E-state index contributed by atoms with van der Waals surface area (Å²) >= 11 is 0. The van der Waals surface area contributed by atoms with Crippen LogP contribution in [0.1, 0.15) is 41.6 Å². The molecule has 0 radical (unpaired) electrons. The van der Waals surface area contributed by atoms with Gasteiger partial charge < -0.3 is 15.2 Å². The fourth-order valence-electron chi connectivity index (χ4n) is 2.81. The van der Waals surface area contributed by atoms with Crippen molar-refractivity contribution in [1.29, 1.82) is 5.26 Å². The maximum absolute atomic E-state index is 12.5. The third-order valence-corrected chi connectivity index (χ3v) is 4.13. The molecule has 2 aromatic rings. The largest absolute Gasteiger partial charge is 0.493 e. The summed E-state index contributed by atoms with van der Waals surface area (Å²) in [6.45, 7) is 0. The SMILES string of the molecule is COc1cc(C(=O)n2ncc(C#N)c2N)ccc1OC1CCCC1. The van der Waals surface area contributed by atoms with Crippen molar-refractivity contribution in [2.75, 3.05) is 12.8 Å². The summed E-state index contributed by atoms with van der Waals surface area (Å²) in [5.74, 6) is 0.693. The van der Waals surface area contributed by atoms with Gasteiger partial charge in [-0.2, -0.15) is 15.0 Å². The monoisotopic (exact) mass is 326 g/mol. The number of ether oxygens (including phenoxy) is 2. The third-order valence-electron chi connectivity index (χ3n) is 4.13. The first-order chi connectivity index (χ1) is 11.6. The Morgan fingerprint density at radius 2 is 2.12 bits per heavy atom. The zero-order chi connectivity index (χ0) is 17.1. The van der Waals surface area contributed by atoms with Gasteiger partial charge in [0.2, 0.25) is 0 Å². The van der Waals surface area contributed by atoms with Crippen molar-refractivity contribution in [2.24, 2.45) is 0 Å². The van der Waals surface area contributed by atoms with Crippen LogP contribution < -0.4 is 15.2 Å². The Morgan fingerprint density at radius 3 is 2.75 bits per heavy atom. The summed E-state index contributed by atoms with van der Waals surface area (Å²) in [5.41, 5.74) is 6.28. The molecule has 24 heavy (non-hydrogen) atoms. The van der Waals surface area contributed by atoms with Gasteiger partial charge in [0.15, 0.2) is 11.5 Å². The molecule has 0 aliphatic heterocycles. The van der Waals surface area contributed by atoms with Crippen LogP contribution in [0.5, 0.6) is 11.5 Å². The number of carbonyl (C=O) groups excluding carboxylic acids is 1. The van der Waals surface area contributed by atoms with E-state index < -0.39 is 5.91 Å². The Labute approximate surface area is 139 Å². The molecule has 1 aliphatic carbocycles. The lowest BCUT2D eigenvalue weighted by molar-refractivity contribution is 0.0947. The molecule has 1 aromatic heterocycles. The molecule has 0 bridgehead atoms. The molecule has 1 fully saturated rings. The van der Waals surface area contributed by atoms with Gasteiger partial charge in [-0.15, -0.1) is 0 Å². The van der Waals surface area contributed by atoms with Crippen molar-refractivity contribution in [1.82, 2.24) is 9.78 Å². The van der Waals surface area contributed by atoms with Gasteiger partial charge in [-0.05, 0) is 43.9 Å². The van der Waals surface area contributed by atoms with Crippen LogP contribution in [0.25, 0.3) is 0 Å². The minimum atomic E-state index is -0.431. The van der Waals surface area contributed by atoms with Gasteiger partial charge in [-0.25, -0.2) is 0 Å². The van der Waals surface area contributed by atoms with Crippen LogP contribution in [0.4, 0.5) is 5.82 Å². The molecule has 0 spiro atoms. The number of nitrogens with zero attached hydrogens (tertiary/aromatic N) is 3. The summed E-state index contributed by atoms with van der Waals surface area (Å²) in [7, 11) is 1.53. The highest BCUT2D eigenvalue weighted by Crippen LogP contribution is 2.32.